The second-order valence-electron chi connectivity index (χ2n) is 9.31. The molecule has 1 saturated heterocycles. The van der Waals surface area contributed by atoms with Crippen molar-refractivity contribution in [3.8, 4) is 5.75 Å². The first-order valence-electron chi connectivity index (χ1n) is 11.8. The molecule has 1 N–H and O–H groups in total. The number of aromatic amines is 1. The quantitative estimate of drug-likeness (QED) is 0.714. The van der Waals surface area contributed by atoms with Crippen LogP contribution in [-0.4, -0.2) is 78.3 Å². The van der Waals surface area contributed by atoms with Crippen LogP contribution in [0.5, 0.6) is 5.75 Å². The van der Waals surface area contributed by atoms with Gasteiger partial charge in [-0.1, -0.05) is 18.6 Å². The summed E-state index contributed by atoms with van der Waals surface area (Å²) in [6, 6.07) is 9.25. The van der Waals surface area contributed by atoms with Gasteiger partial charge in [-0.25, -0.2) is 0 Å². The van der Waals surface area contributed by atoms with Gasteiger partial charge in [0.2, 0.25) is 0 Å². The Hall–Kier alpha value is -2.87. The van der Waals surface area contributed by atoms with Gasteiger partial charge in [-0.2, -0.15) is 5.10 Å². The molecular weight excluding hydrogens is 420 g/mol. The highest BCUT2D eigenvalue weighted by Crippen LogP contribution is 2.38. The van der Waals surface area contributed by atoms with Crippen molar-refractivity contribution in [3.05, 3.63) is 47.3 Å². The first-order valence-corrected chi connectivity index (χ1v) is 11.8. The van der Waals surface area contributed by atoms with Gasteiger partial charge in [0.15, 0.2) is 0 Å². The van der Waals surface area contributed by atoms with Crippen LogP contribution in [-0.2, 0) is 4.74 Å². The summed E-state index contributed by atoms with van der Waals surface area (Å²) >= 11 is 0. The van der Waals surface area contributed by atoms with Crippen LogP contribution in [0, 0.1) is 12.3 Å². The largest absolute Gasteiger partial charge is 0.492 e. The van der Waals surface area contributed by atoms with Gasteiger partial charge >= 0.3 is 0 Å². The zero-order valence-electron chi connectivity index (χ0n) is 19.6. The Morgan fingerprint density at radius 3 is 2.64 bits per heavy atom. The number of amides is 2. The number of piperidine rings is 1. The van der Waals surface area contributed by atoms with Crippen LogP contribution in [0.15, 0.2) is 30.3 Å². The number of hydrogen-bond acceptors (Lipinski definition) is 5. The lowest BCUT2D eigenvalue weighted by atomic mass is 9.75. The van der Waals surface area contributed by atoms with E-state index in [0.29, 0.717) is 56.5 Å². The SMILES string of the molecule is Cc1cc(C(=O)N2CCC3(CCCCOCCN(C)C(=O)c4ccccc4OC3)CC2)n[nH]1. The van der Waals surface area contributed by atoms with Crippen LogP contribution in [0.25, 0.3) is 0 Å². The summed E-state index contributed by atoms with van der Waals surface area (Å²) in [6.45, 7) is 5.55. The number of fused-ring (bicyclic) bond motifs is 1. The smallest absolute Gasteiger partial charge is 0.274 e. The molecule has 3 heterocycles. The molecular formula is C25H34N4O4. The summed E-state index contributed by atoms with van der Waals surface area (Å²) in [4.78, 5) is 29.4. The average molecular weight is 455 g/mol. The molecule has 33 heavy (non-hydrogen) atoms. The Morgan fingerprint density at radius 2 is 1.88 bits per heavy atom. The van der Waals surface area contributed by atoms with Crippen LogP contribution in [0.1, 0.15) is 58.6 Å². The number of rotatable bonds is 1. The molecule has 0 saturated carbocycles. The van der Waals surface area contributed by atoms with E-state index in [4.69, 9.17) is 9.47 Å². The maximum absolute atomic E-state index is 13.0. The minimum Gasteiger partial charge on any atom is -0.492 e. The second kappa shape index (κ2) is 10.4. The molecule has 0 unspecified atom stereocenters. The van der Waals surface area contributed by atoms with Gasteiger partial charge in [0.1, 0.15) is 11.4 Å². The summed E-state index contributed by atoms with van der Waals surface area (Å²) in [5, 5.41) is 6.98. The normalized spacial score (nSPS) is 20.1. The van der Waals surface area contributed by atoms with Crippen LogP contribution in [0.2, 0.25) is 0 Å². The monoisotopic (exact) mass is 454 g/mol. The van der Waals surface area contributed by atoms with Gasteiger partial charge in [-0.15, -0.1) is 0 Å². The minimum absolute atomic E-state index is 0.0246. The number of likely N-dealkylation sites (tertiary alicyclic amines) is 1. The molecule has 8 nitrogen and oxygen atoms in total. The molecule has 1 fully saturated rings. The third kappa shape index (κ3) is 5.55. The molecule has 0 aliphatic carbocycles. The highest BCUT2D eigenvalue weighted by molar-refractivity contribution is 5.96. The van der Waals surface area contributed by atoms with E-state index in [-0.39, 0.29) is 17.2 Å². The van der Waals surface area contributed by atoms with Crippen molar-refractivity contribution in [1.29, 1.82) is 0 Å². The van der Waals surface area contributed by atoms with Crippen LogP contribution < -0.4 is 4.74 Å². The molecule has 1 aromatic carbocycles. The Kier molecular flexibility index (Phi) is 7.33. The number of para-hydroxylation sites is 1. The van der Waals surface area contributed by atoms with Crippen LogP contribution >= 0.6 is 0 Å². The van der Waals surface area contributed by atoms with E-state index in [1.54, 1.807) is 18.0 Å². The first kappa shape index (κ1) is 23.3. The van der Waals surface area contributed by atoms with E-state index in [1.165, 1.54) is 0 Å². The fourth-order valence-corrected chi connectivity index (χ4v) is 4.66. The number of hydrogen-bond donors (Lipinski definition) is 1. The highest BCUT2D eigenvalue weighted by atomic mass is 16.5. The molecule has 2 aliphatic heterocycles. The van der Waals surface area contributed by atoms with Crippen molar-refractivity contribution in [2.24, 2.45) is 5.41 Å². The lowest BCUT2D eigenvalue weighted by Gasteiger charge is -2.41. The third-order valence-corrected chi connectivity index (χ3v) is 6.85. The zero-order chi connectivity index (χ0) is 23.3. The molecule has 2 aliphatic rings. The van der Waals surface area contributed by atoms with Crippen LogP contribution in [0.4, 0.5) is 0 Å². The number of H-pyrrole nitrogens is 1. The summed E-state index contributed by atoms with van der Waals surface area (Å²) in [6.07, 6.45) is 4.76. The summed E-state index contributed by atoms with van der Waals surface area (Å²) in [5.74, 6) is 0.538. The standard InChI is InChI=1S/C25H34N4O4/c1-19-17-21(27-26-19)24(31)29-12-10-25(11-13-29)9-5-6-15-32-16-14-28(2)23(30)20-7-3-4-8-22(20)33-18-25/h3-4,7-8,17H,5-6,9-16,18H2,1-2H3,(H,26,27). The molecule has 1 spiro atoms. The average Bonchev–Trinajstić information content (AvgIpc) is 3.27. The number of benzene rings is 1. The van der Waals surface area contributed by atoms with Gasteiger partial charge < -0.3 is 19.3 Å². The molecule has 0 radical (unpaired) electrons. The van der Waals surface area contributed by atoms with E-state index in [2.05, 4.69) is 10.2 Å². The van der Waals surface area contributed by atoms with Gasteiger partial charge in [0.05, 0.1) is 18.8 Å². The molecule has 1 aromatic heterocycles. The van der Waals surface area contributed by atoms with Gasteiger partial charge in [0, 0.05) is 44.4 Å². The number of likely N-dealkylation sites (N-methyl/N-ethyl adjacent to an activating group) is 1. The lowest BCUT2D eigenvalue weighted by Crippen LogP contribution is -2.45. The molecule has 8 heteroatoms. The third-order valence-electron chi connectivity index (χ3n) is 6.85. The van der Waals surface area contributed by atoms with Gasteiger partial charge in [0.25, 0.3) is 11.8 Å². The fourth-order valence-electron chi connectivity index (χ4n) is 4.66. The number of aryl methyl sites for hydroxylation is 1. The number of nitrogens with one attached hydrogen (secondary N) is 1. The first-order chi connectivity index (χ1) is 16.0. The van der Waals surface area contributed by atoms with Gasteiger partial charge in [-0.3, -0.25) is 14.7 Å². The second-order valence-corrected chi connectivity index (χ2v) is 9.31. The summed E-state index contributed by atoms with van der Waals surface area (Å²) in [7, 11) is 1.80. The minimum atomic E-state index is -0.0602. The summed E-state index contributed by atoms with van der Waals surface area (Å²) < 4.78 is 12.1. The maximum atomic E-state index is 13.0. The van der Waals surface area contributed by atoms with E-state index in [9.17, 15) is 9.59 Å². The molecule has 2 amide bonds. The highest BCUT2D eigenvalue weighted by Gasteiger charge is 2.37. The van der Waals surface area contributed by atoms with Crippen molar-refractivity contribution in [3.63, 3.8) is 0 Å². The number of carbonyl (C=O) groups excluding carboxylic acids is 2. The molecule has 4 rings (SSSR count). The summed E-state index contributed by atoms with van der Waals surface area (Å²) in [5.41, 5.74) is 1.89. The number of carbonyl (C=O) groups is 2. The maximum Gasteiger partial charge on any atom is 0.274 e. The van der Waals surface area contributed by atoms with Crippen molar-refractivity contribution in [2.75, 3.05) is 46.5 Å². The van der Waals surface area contributed by atoms with E-state index in [1.807, 2.05) is 36.1 Å². The Balaban J connectivity index is 1.49. The molecule has 0 atom stereocenters. The van der Waals surface area contributed by atoms with Crippen molar-refractivity contribution in [2.45, 2.75) is 39.0 Å². The fraction of sp³-hybridized carbons (Fsp3) is 0.560. The Bertz CT molecular complexity index is 965. The van der Waals surface area contributed by atoms with E-state index < -0.39 is 0 Å². The van der Waals surface area contributed by atoms with Crippen molar-refractivity contribution < 1.29 is 19.1 Å². The topological polar surface area (TPSA) is 87.8 Å². The lowest BCUT2D eigenvalue weighted by molar-refractivity contribution is 0.0326. The predicted octanol–water partition coefficient (Wildman–Crippen LogP) is 3.29. The number of aromatic nitrogens is 2. The Labute approximate surface area is 195 Å². The molecule has 178 valence electrons. The van der Waals surface area contributed by atoms with Crippen molar-refractivity contribution in [1.82, 2.24) is 20.0 Å². The Morgan fingerprint density at radius 1 is 1.09 bits per heavy atom. The predicted molar refractivity (Wildman–Crippen MR) is 124 cm³/mol. The molecule has 0 bridgehead atoms. The van der Waals surface area contributed by atoms with E-state index in [0.717, 1.165) is 37.8 Å². The van der Waals surface area contributed by atoms with Crippen molar-refractivity contribution >= 4 is 11.8 Å². The number of nitrogens with zero attached hydrogens (tertiary/aromatic N) is 3. The van der Waals surface area contributed by atoms with Gasteiger partial charge in [-0.05, 0) is 50.8 Å². The van der Waals surface area contributed by atoms with E-state index >= 15 is 0 Å². The number of ether oxygens (including phenoxy) is 2. The van der Waals surface area contributed by atoms with Crippen LogP contribution in [0.3, 0.4) is 0 Å². The zero-order valence-corrected chi connectivity index (χ0v) is 19.6. The molecule has 2 aromatic rings.